The van der Waals surface area contributed by atoms with Gasteiger partial charge in [-0.3, -0.25) is 0 Å². The number of hydrogen-bond donors (Lipinski definition) is 1. The first kappa shape index (κ1) is 8.60. The number of hydrogen-bond acceptors (Lipinski definition) is 2. The lowest BCUT2D eigenvalue weighted by atomic mass is 10.2. The van der Waals surface area contributed by atoms with Crippen molar-refractivity contribution in [3.05, 3.63) is 40.7 Å². The molecule has 0 unspecified atom stereocenters. The molecule has 2 aromatic rings. The number of anilines is 1. The van der Waals surface area contributed by atoms with E-state index in [4.69, 9.17) is 17.3 Å². The molecule has 0 fully saturated rings. The molecule has 0 spiro atoms. The predicted octanol–water partition coefficient (Wildman–Crippen LogP) is 3.65. The van der Waals surface area contributed by atoms with Crippen molar-refractivity contribution in [1.29, 1.82) is 0 Å². The third-order valence-corrected chi connectivity index (χ3v) is 3.21. The smallest absolute Gasteiger partial charge is 0.116 e. The Balaban J connectivity index is 2.48. The van der Waals surface area contributed by atoms with Crippen molar-refractivity contribution < 1.29 is 0 Å². The molecule has 2 N–H and O–H groups in total. The Morgan fingerprint density at radius 2 is 1.85 bits per heavy atom. The van der Waals surface area contributed by atoms with Crippen molar-refractivity contribution in [3.63, 3.8) is 0 Å². The van der Waals surface area contributed by atoms with Crippen LogP contribution in [-0.4, -0.2) is 0 Å². The number of nitrogens with two attached hydrogens (primary N) is 1. The minimum atomic E-state index is 0.658. The Morgan fingerprint density at radius 3 is 2.38 bits per heavy atom. The van der Waals surface area contributed by atoms with E-state index >= 15 is 0 Å². The molecule has 2 rings (SSSR count). The van der Waals surface area contributed by atoms with Gasteiger partial charge in [0.2, 0.25) is 0 Å². The topological polar surface area (TPSA) is 26.0 Å². The van der Waals surface area contributed by atoms with Crippen LogP contribution < -0.4 is 5.73 Å². The third-order valence-electron chi connectivity index (χ3n) is 1.77. The summed E-state index contributed by atoms with van der Waals surface area (Å²) in [7, 11) is 0. The molecule has 1 heterocycles. The first-order chi connectivity index (χ1) is 6.27. The fourth-order valence-electron chi connectivity index (χ4n) is 1.13. The third kappa shape index (κ3) is 1.69. The maximum atomic E-state index is 5.87. The molecule has 0 saturated heterocycles. The molecular weight excluding hydrogens is 202 g/mol. The quantitative estimate of drug-likeness (QED) is 0.763. The molecule has 0 amide bonds. The van der Waals surface area contributed by atoms with Crippen LogP contribution in [0.1, 0.15) is 0 Å². The second kappa shape index (κ2) is 3.40. The van der Waals surface area contributed by atoms with Crippen LogP contribution in [-0.2, 0) is 0 Å². The van der Waals surface area contributed by atoms with Crippen LogP contribution in [0.5, 0.6) is 0 Å². The summed E-state index contributed by atoms with van der Waals surface area (Å²) in [5.74, 6) is 0. The molecule has 3 heteroatoms. The molecule has 0 aliphatic carbocycles. The van der Waals surface area contributed by atoms with Crippen molar-refractivity contribution in [2.45, 2.75) is 0 Å². The first-order valence-corrected chi connectivity index (χ1v) is 5.07. The van der Waals surface area contributed by atoms with Gasteiger partial charge in [-0.05, 0) is 11.6 Å². The molecule has 66 valence electrons. The van der Waals surface area contributed by atoms with E-state index in [-0.39, 0.29) is 0 Å². The average Bonchev–Trinajstić information content (AvgIpc) is 2.49. The van der Waals surface area contributed by atoms with Crippen molar-refractivity contribution in [3.8, 4) is 10.4 Å². The van der Waals surface area contributed by atoms with E-state index in [1.807, 2.05) is 36.4 Å². The number of rotatable bonds is 1. The number of thiophene rings is 1. The number of benzene rings is 1. The minimum Gasteiger partial charge on any atom is -0.397 e. The van der Waals surface area contributed by atoms with E-state index in [0.717, 1.165) is 10.4 Å². The molecule has 0 bridgehead atoms. The standard InChI is InChI=1S/C10H8ClNS/c11-10-8(12)6-9(13-10)7-4-2-1-3-5-7/h1-6H,12H2. The molecule has 1 nitrogen and oxygen atoms in total. The van der Waals surface area contributed by atoms with Gasteiger partial charge in [-0.25, -0.2) is 0 Å². The molecule has 0 atom stereocenters. The van der Waals surface area contributed by atoms with Gasteiger partial charge < -0.3 is 5.73 Å². The molecule has 13 heavy (non-hydrogen) atoms. The van der Waals surface area contributed by atoms with Crippen LogP contribution in [0.4, 0.5) is 5.69 Å². The van der Waals surface area contributed by atoms with Crippen LogP contribution in [0.2, 0.25) is 4.34 Å². The number of nitrogen functional groups attached to an aromatic ring is 1. The summed E-state index contributed by atoms with van der Waals surface area (Å²) >= 11 is 7.38. The van der Waals surface area contributed by atoms with Crippen molar-refractivity contribution in [2.24, 2.45) is 0 Å². The van der Waals surface area contributed by atoms with Gasteiger partial charge in [0.25, 0.3) is 0 Å². The van der Waals surface area contributed by atoms with Crippen LogP contribution in [0.15, 0.2) is 36.4 Å². The second-order valence-corrected chi connectivity index (χ2v) is 4.36. The highest BCUT2D eigenvalue weighted by Gasteiger charge is 2.04. The van der Waals surface area contributed by atoms with E-state index in [9.17, 15) is 0 Å². The Kier molecular flexibility index (Phi) is 2.25. The van der Waals surface area contributed by atoms with Gasteiger partial charge in [0.1, 0.15) is 4.34 Å². The second-order valence-electron chi connectivity index (χ2n) is 2.71. The van der Waals surface area contributed by atoms with Gasteiger partial charge in [-0.15, -0.1) is 11.3 Å². The summed E-state index contributed by atoms with van der Waals surface area (Å²) in [6, 6.07) is 12.0. The summed E-state index contributed by atoms with van der Waals surface area (Å²) in [5, 5.41) is 0. The van der Waals surface area contributed by atoms with Crippen LogP contribution in [0.25, 0.3) is 10.4 Å². The zero-order chi connectivity index (χ0) is 9.26. The highest BCUT2D eigenvalue weighted by atomic mass is 35.5. The highest BCUT2D eigenvalue weighted by molar-refractivity contribution is 7.20. The van der Waals surface area contributed by atoms with Gasteiger partial charge in [0, 0.05) is 4.88 Å². The average molecular weight is 210 g/mol. The predicted molar refractivity (Wildman–Crippen MR) is 59.2 cm³/mol. The largest absolute Gasteiger partial charge is 0.397 e. The van der Waals surface area contributed by atoms with Crippen molar-refractivity contribution >= 4 is 28.6 Å². The fourth-order valence-corrected chi connectivity index (χ4v) is 2.24. The Morgan fingerprint density at radius 1 is 1.15 bits per heavy atom. The summed E-state index contributed by atoms with van der Waals surface area (Å²) < 4.78 is 0.666. The van der Waals surface area contributed by atoms with Crippen molar-refractivity contribution in [1.82, 2.24) is 0 Å². The maximum absolute atomic E-state index is 5.87. The zero-order valence-corrected chi connectivity index (χ0v) is 8.40. The van der Waals surface area contributed by atoms with E-state index in [0.29, 0.717) is 10.0 Å². The lowest BCUT2D eigenvalue weighted by Gasteiger charge is -1.93. The summed E-state index contributed by atoms with van der Waals surface area (Å²) in [6.07, 6.45) is 0. The Hall–Kier alpha value is -0.990. The zero-order valence-electron chi connectivity index (χ0n) is 6.83. The van der Waals surface area contributed by atoms with E-state index < -0.39 is 0 Å². The SMILES string of the molecule is Nc1cc(-c2ccccc2)sc1Cl. The summed E-state index contributed by atoms with van der Waals surface area (Å²) in [6.45, 7) is 0. The maximum Gasteiger partial charge on any atom is 0.116 e. The molecule has 0 radical (unpaired) electrons. The monoisotopic (exact) mass is 209 g/mol. The molecule has 1 aromatic carbocycles. The van der Waals surface area contributed by atoms with Gasteiger partial charge >= 0.3 is 0 Å². The van der Waals surface area contributed by atoms with Gasteiger partial charge in [0.15, 0.2) is 0 Å². The van der Waals surface area contributed by atoms with Gasteiger partial charge in [0.05, 0.1) is 5.69 Å². The van der Waals surface area contributed by atoms with Gasteiger partial charge in [-0.2, -0.15) is 0 Å². The molecule has 1 aromatic heterocycles. The number of halogens is 1. The summed E-state index contributed by atoms with van der Waals surface area (Å²) in [5.41, 5.74) is 7.47. The van der Waals surface area contributed by atoms with Crippen LogP contribution in [0.3, 0.4) is 0 Å². The van der Waals surface area contributed by atoms with Crippen molar-refractivity contribution in [2.75, 3.05) is 5.73 Å². The van der Waals surface area contributed by atoms with E-state index in [1.54, 1.807) is 0 Å². The summed E-state index contributed by atoms with van der Waals surface area (Å²) in [4.78, 5) is 1.11. The van der Waals surface area contributed by atoms with E-state index in [2.05, 4.69) is 0 Å². The molecule has 0 aliphatic heterocycles. The Bertz CT molecular complexity index is 389. The molecule has 0 saturated carbocycles. The van der Waals surface area contributed by atoms with Crippen LogP contribution in [0, 0.1) is 0 Å². The van der Waals surface area contributed by atoms with Crippen LogP contribution >= 0.6 is 22.9 Å². The molecular formula is C10H8ClNS. The van der Waals surface area contributed by atoms with E-state index in [1.165, 1.54) is 11.3 Å². The Labute approximate surface area is 85.8 Å². The fraction of sp³-hybridized carbons (Fsp3) is 0. The minimum absolute atomic E-state index is 0.658. The highest BCUT2D eigenvalue weighted by Crippen LogP contribution is 2.36. The lowest BCUT2D eigenvalue weighted by molar-refractivity contribution is 1.70. The van der Waals surface area contributed by atoms with Gasteiger partial charge in [-0.1, -0.05) is 41.9 Å². The molecule has 0 aliphatic rings. The lowest BCUT2D eigenvalue weighted by Crippen LogP contribution is -1.78. The normalized spacial score (nSPS) is 10.2. The first-order valence-electron chi connectivity index (χ1n) is 3.87.